The third kappa shape index (κ3) is 4.24. The molecule has 1 aliphatic rings. The fraction of sp³-hybridized carbons (Fsp3) is 0.250. The minimum Gasteiger partial charge on any atom is -0.267 e. The highest BCUT2D eigenvalue weighted by molar-refractivity contribution is 8.17. The molecular formula is C16H16N2O3S2. The van der Waals surface area contributed by atoms with Crippen LogP contribution in [-0.4, -0.2) is 19.2 Å². The molecule has 0 saturated carbocycles. The van der Waals surface area contributed by atoms with Crippen LogP contribution in [0.3, 0.4) is 0 Å². The van der Waals surface area contributed by atoms with Gasteiger partial charge in [0.2, 0.25) is 0 Å². The molecule has 0 saturated heterocycles. The molecule has 0 N–H and O–H groups in total. The molecule has 0 aromatic heterocycles. The van der Waals surface area contributed by atoms with Crippen LogP contribution < -0.4 is 0 Å². The van der Waals surface area contributed by atoms with Gasteiger partial charge >= 0.3 is 10.1 Å². The molecule has 0 unspecified atom stereocenters. The lowest BCUT2D eigenvalue weighted by atomic mass is 9.97. The molecule has 0 radical (unpaired) electrons. The first-order valence-electron chi connectivity index (χ1n) is 7.01. The molecule has 0 aliphatic carbocycles. The monoisotopic (exact) mass is 348 g/mol. The van der Waals surface area contributed by atoms with E-state index < -0.39 is 10.1 Å². The van der Waals surface area contributed by atoms with Crippen LogP contribution in [0.5, 0.6) is 0 Å². The summed E-state index contributed by atoms with van der Waals surface area (Å²) in [7, 11) is -3.68. The van der Waals surface area contributed by atoms with E-state index in [0.717, 1.165) is 11.1 Å². The summed E-state index contributed by atoms with van der Waals surface area (Å²) in [6.07, 6.45) is 2.19. The number of nitrogens with zero attached hydrogens (tertiary/aromatic N) is 2. The fourth-order valence-electron chi connectivity index (χ4n) is 2.06. The Bertz CT molecular complexity index is 831. The van der Waals surface area contributed by atoms with Crippen molar-refractivity contribution >= 4 is 32.5 Å². The summed E-state index contributed by atoms with van der Waals surface area (Å²) in [6.45, 7) is 3.66. The number of hydrogen-bond acceptors (Lipinski definition) is 6. The number of rotatable bonds is 5. The first-order chi connectivity index (χ1) is 11.0. The highest BCUT2D eigenvalue weighted by atomic mass is 32.2. The van der Waals surface area contributed by atoms with Gasteiger partial charge in [-0.1, -0.05) is 48.1 Å². The minimum atomic E-state index is -3.68. The lowest BCUT2D eigenvalue weighted by molar-refractivity contribution is 0.340. The van der Waals surface area contributed by atoms with E-state index in [9.17, 15) is 13.7 Å². The van der Waals surface area contributed by atoms with E-state index in [-0.39, 0.29) is 5.75 Å². The molecule has 23 heavy (non-hydrogen) atoms. The molecular weight excluding hydrogens is 332 g/mol. The van der Waals surface area contributed by atoms with Gasteiger partial charge in [-0.15, -0.1) is 0 Å². The van der Waals surface area contributed by atoms with E-state index in [4.69, 9.17) is 4.28 Å². The molecule has 1 aromatic rings. The van der Waals surface area contributed by atoms with E-state index >= 15 is 0 Å². The van der Waals surface area contributed by atoms with Gasteiger partial charge in [0.1, 0.15) is 11.1 Å². The Hall–Kier alpha value is -2.04. The van der Waals surface area contributed by atoms with Gasteiger partial charge < -0.3 is 0 Å². The maximum Gasteiger partial charge on any atom is 0.328 e. The molecule has 7 heteroatoms. The summed E-state index contributed by atoms with van der Waals surface area (Å²) in [5, 5.41) is 15.4. The zero-order valence-electron chi connectivity index (χ0n) is 12.8. The molecule has 1 aromatic carbocycles. The van der Waals surface area contributed by atoms with Crippen molar-refractivity contribution in [2.24, 2.45) is 5.16 Å². The third-order valence-electron chi connectivity index (χ3n) is 3.13. The number of oxime groups is 1. The average molecular weight is 348 g/mol. The second kappa shape index (κ2) is 7.49. The van der Waals surface area contributed by atoms with Crippen LogP contribution in [0.25, 0.3) is 5.57 Å². The Kier molecular flexibility index (Phi) is 5.64. The van der Waals surface area contributed by atoms with Gasteiger partial charge in [-0.2, -0.15) is 13.7 Å². The maximum atomic E-state index is 11.6. The smallest absolute Gasteiger partial charge is 0.267 e. The summed E-state index contributed by atoms with van der Waals surface area (Å²) in [4.78, 5) is 0. The van der Waals surface area contributed by atoms with Gasteiger partial charge in [0.25, 0.3) is 0 Å². The van der Waals surface area contributed by atoms with Crippen LogP contribution in [0.15, 0.2) is 46.5 Å². The molecule has 0 atom stereocenters. The summed E-state index contributed by atoms with van der Waals surface area (Å²) in [5.74, 6) is -0.0934. The van der Waals surface area contributed by atoms with Crippen LogP contribution in [0.4, 0.5) is 0 Å². The van der Waals surface area contributed by atoms with E-state index in [2.05, 4.69) is 11.2 Å². The molecule has 5 nitrogen and oxygen atoms in total. The maximum absolute atomic E-state index is 11.6. The Morgan fingerprint density at radius 1 is 1.39 bits per heavy atom. The number of allylic oxidation sites excluding steroid dienone is 2. The van der Waals surface area contributed by atoms with Crippen molar-refractivity contribution in [2.45, 2.75) is 20.3 Å². The minimum absolute atomic E-state index is 0.0934. The Balaban J connectivity index is 2.42. The van der Waals surface area contributed by atoms with Gasteiger partial charge in [-0.25, -0.2) is 0 Å². The summed E-state index contributed by atoms with van der Waals surface area (Å²) in [5.41, 5.74) is 2.76. The second-order valence-corrected chi connectivity index (χ2v) is 7.44. The van der Waals surface area contributed by atoms with E-state index in [0.29, 0.717) is 22.6 Å². The van der Waals surface area contributed by atoms with Crippen LogP contribution in [0.2, 0.25) is 0 Å². The zero-order chi connectivity index (χ0) is 16.9. The van der Waals surface area contributed by atoms with Crippen molar-refractivity contribution in [3.8, 4) is 6.07 Å². The highest BCUT2D eigenvalue weighted by Gasteiger charge is 2.20. The zero-order valence-corrected chi connectivity index (χ0v) is 14.4. The van der Waals surface area contributed by atoms with Crippen molar-refractivity contribution < 1.29 is 12.7 Å². The fourth-order valence-corrected chi connectivity index (χ4v) is 3.58. The van der Waals surface area contributed by atoms with Crippen LogP contribution in [0.1, 0.15) is 24.5 Å². The van der Waals surface area contributed by atoms with Crippen molar-refractivity contribution in [1.29, 1.82) is 5.26 Å². The van der Waals surface area contributed by atoms with E-state index in [1.54, 1.807) is 18.4 Å². The molecule has 0 amide bonds. The van der Waals surface area contributed by atoms with E-state index in [1.165, 1.54) is 11.8 Å². The Morgan fingerprint density at radius 2 is 2.13 bits per heavy atom. The topological polar surface area (TPSA) is 79.5 Å². The standard InChI is InChI=1S/C16H16N2O3S2/c1-3-10-23(19,20)21-18-16-14(8-9-22-16)15(11-17)13-7-5-4-6-12(13)2/h4-9H,3,10H2,1-2H3/b15-14?,18-16-. The predicted molar refractivity (Wildman–Crippen MR) is 93.0 cm³/mol. The van der Waals surface area contributed by atoms with Gasteiger partial charge in [0.15, 0.2) is 0 Å². The largest absolute Gasteiger partial charge is 0.328 e. The van der Waals surface area contributed by atoms with Gasteiger partial charge in [0.05, 0.1) is 11.3 Å². The highest BCUT2D eigenvalue weighted by Crippen LogP contribution is 2.32. The molecule has 0 bridgehead atoms. The van der Waals surface area contributed by atoms with Crippen molar-refractivity contribution in [3.05, 3.63) is 52.4 Å². The lowest BCUT2D eigenvalue weighted by Gasteiger charge is -2.07. The normalized spacial score (nSPS) is 18.0. The third-order valence-corrected chi connectivity index (χ3v) is 5.13. The first-order valence-corrected chi connectivity index (χ1v) is 9.47. The van der Waals surface area contributed by atoms with Crippen molar-refractivity contribution in [1.82, 2.24) is 0 Å². The van der Waals surface area contributed by atoms with Gasteiger partial charge in [0, 0.05) is 5.57 Å². The summed E-state index contributed by atoms with van der Waals surface area (Å²) in [6, 6.07) is 9.70. The molecule has 0 spiro atoms. The Labute approximate surface area is 140 Å². The Morgan fingerprint density at radius 3 is 2.78 bits per heavy atom. The number of hydrogen-bond donors (Lipinski definition) is 0. The average Bonchev–Trinajstić information content (AvgIpc) is 2.96. The van der Waals surface area contributed by atoms with Crippen LogP contribution in [0, 0.1) is 18.3 Å². The number of aryl methyl sites for hydroxylation is 1. The quantitative estimate of drug-likeness (QED) is 0.600. The van der Waals surface area contributed by atoms with Crippen LogP contribution in [-0.2, 0) is 14.4 Å². The van der Waals surface area contributed by atoms with Gasteiger partial charge in [-0.3, -0.25) is 4.28 Å². The second-order valence-electron chi connectivity index (χ2n) is 4.87. The molecule has 1 aliphatic heterocycles. The summed E-state index contributed by atoms with van der Waals surface area (Å²) < 4.78 is 27.9. The van der Waals surface area contributed by atoms with Crippen LogP contribution >= 0.6 is 11.8 Å². The SMILES string of the molecule is CCCS(=O)(=O)O/N=C1\SC=CC1=C(C#N)c1ccccc1C. The number of thioether (sulfide) groups is 1. The predicted octanol–water partition coefficient (Wildman–Crippen LogP) is 3.60. The molecule has 1 heterocycles. The number of benzene rings is 1. The number of nitriles is 1. The molecule has 120 valence electrons. The van der Waals surface area contributed by atoms with Gasteiger partial charge in [-0.05, 0) is 36.0 Å². The molecule has 0 fully saturated rings. The van der Waals surface area contributed by atoms with E-state index in [1.807, 2.05) is 31.2 Å². The van der Waals surface area contributed by atoms with Crippen molar-refractivity contribution in [2.75, 3.05) is 5.75 Å². The first kappa shape index (κ1) is 17.3. The van der Waals surface area contributed by atoms with Crippen molar-refractivity contribution in [3.63, 3.8) is 0 Å². The molecule has 2 rings (SSSR count). The summed E-state index contributed by atoms with van der Waals surface area (Å²) >= 11 is 1.22. The lowest BCUT2D eigenvalue weighted by Crippen LogP contribution is -2.08.